The van der Waals surface area contributed by atoms with Gasteiger partial charge >= 0.3 is 0 Å². The molecule has 3 rings (SSSR count). The molecular weight excluding hydrogens is 230 g/mol. The summed E-state index contributed by atoms with van der Waals surface area (Å²) in [5, 5.41) is 13.5. The molecule has 0 bridgehead atoms. The highest BCUT2D eigenvalue weighted by Crippen LogP contribution is 2.38. The summed E-state index contributed by atoms with van der Waals surface area (Å²) in [6.07, 6.45) is 5.82. The number of piperidine rings is 1. The maximum atomic E-state index is 9.45. The fourth-order valence-electron chi connectivity index (χ4n) is 2.82. The van der Waals surface area contributed by atoms with Gasteiger partial charge in [-0.25, -0.2) is 0 Å². The van der Waals surface area contributed by atoms with Gasteiger partial charge in [-0.1, -0.05) is 11.6 Å². The minimum Gasteiger partial charge on any atom is -0.395 e. The number of likely N-dealkylation sites (tertiary alicyclic amines) is 1. The van der Waals surface area contributed by atoms with Crippen molar-refractivity contribution in [2.75, 3.05) is 6.61 Å². The summed E-state index contributed by atoms with van der Waals surface area (Å²) in [4.78, 5) is 6.77. The molecular formula is C13H21N3O2. The standard InChI is InChI=1S/C13H21N3O2/c1-9-3-2-4-11(8-17)16(9)7-12-14-13(15-18-12)10-5-6-10/h9-11,17H,2-8H2,1H3. The Labute approximate surface area is 107 Å². The highest BCUT2D eigenvalue weighted by Gasteiger charge is 2.31. The summed E-state index contributed by atoms with van der Waals surface area (Å²) >= 11 is 0. The van der Waals surface area contributed by atoms with Crippen molar-refractivity contribution in [1.82, 2.24) is 15.0 Å². The van der Waals surface area contributed by atoms with Gasteiger partial charge in [0.15, 0.2) is 5.82 Å². The Morgan fingerprint density at radius 3 is 2.89 bits per heavy atom. The molecule has 1 aromatic heterocycles. The van der Waals surface area contributed by atoms with Crippen molar-refractivity contribution in [3.05, 3.63) is 11.7 Å². The Morgan fingerprint density at radius 2 is 2.17 bits per heavy atom. The van der Waals surface area contributed by atoms with Crippen LogP contribution in [-0.2, 0) is 6.54 Å². The van der Waals surface area contributed by atoms with E-state index in [-0.39, 0.29) is 12.6 Å². The summed E-state index contributed by atoms with van der Waals surface area (Å²) in [7, 11) is 0. The SMILES string of the molecule is CC1CCCC(CO)N1Cc1nc(C2CC2)no1. The molecule has 0 spiro atoms. The quantitative estimate of drug-likeness (QED) is 0.882. The molecule has 1 aliphatic heterocycles. The summed E-state index contributed by atoms with van der Waals surface area (Å²) in [5.41, 5.74) is 0. The maximum Gasteiger partial charge on any atom is 0.240 e. The van der Waals surface area contributed by atoms with E-state index in [1.54, 1.807) is 0 Å². The fraction of sp³-hybridized carbons (Fsp3) is 0.846. The van der Waals surface area contributed by atoms with Gasteiger partial charge in [-0.2, -0.15) is 4.98 Å². The van der Waals surface area contributed by atoms with Crippen LogP contribution in [0.15, 0.2) is 4.52 Å². The van der Waals surface area contributed by atoms with E-state index in [1.807, 2.05) is 0 Å². The van der Waals surface area contributed by atoms with Crippen molar-refractivity contribution in [3.63, 3.8) is 0 Å². The van der Waals surface area contributed by atoms with Crippen LogP contribution in [0, 0.1) is 0 Å². The molecule has 1 saturated carbocycles. The number of hydrogen-bond donors (Lipinski definition) is 1. The Hall–Kier alpha value is -0.940. The predicted octanol–water partition coefficient (Wildman–Crippen LogP) is 1.68. The van der Waals surface area contributed by atoms with Crippen LogP contribution in [0.4, 0.5) is 0 Å². The number of aromatic nitrogens is 2. The molecule has 1 aliphatic carbocycles. The van der Waals surface area contributed by atoms with Gasteiger partial charge in [0, 0.05) is 18.0 Å². The van der Waals surface area contributed by atoms with Crippen molar-refractivity contribution in [3.8, 4) is 0 Å². The third-order valence-electron chi connectivity index (χ3n) is 4.15. The summed E-state index contributed by atoms with van der Waals surface area (Å²) in [6.45, 7) is 3.10. The third-order valence-corrected chi connectivity index (χ3v) is 4.15. The van der Waals surface area contributed by atoms with Crippen molar-refractivity contribution in [2.45, 2.75) is 63.6 Å². The van der Waals surface area contributed by atoms with Crippen LogP contribution >= 0.6 is 0 Å². The Bertz CT molecular complexity index is 403. The van der Waals surface area contributed by atoms with Crippen LogP contribution in [0.2, 0.25) is 0 Å². The van der Waals surface area contributed by atoms with Gasteiger partial charge in [-0.05, 0) is 32.6 Å². The lowest BCUT2D eigenvalue weighted by molar-refractivity contribution is 0.0370. The molecule has 2 aliphatic rings. The zero-order chi connectivity index (χ0) is 12.5. The van der Waals surface area contributed by atoms with Gasteiger partial charge in [-0.15, -0.1) is 0 Å². The van der Waals surface area contributed by atoms with Gasteiger partial charge < -0.3 is 9.63 Å². The monoisotopic (exact) mass is 251 g/mol. The van der Waals surface area contributed by atoms with Crippen LogP contribution in [0.5, 0.6) is 0 Å². The summed E-state index contributed by atoms with van der Waals surface area (Å²) in [5.74, 6) is 2.11. The highest BCUT2D eigenvalue weighted by molar-refractivity contribution is 5.03. The molecule has 0 aromatic carbocycles. The van der Waals surface area contributed by atoms with Crippen molar-refractivity contribution >= 4 is 0 Å². The molecule has 1 saturated heterocycles. The maximum absolute atomic E-state index is 9.45. The van der Waals surface area contributed by atoms with Crippen molar-refractivity contribution < 1.29 is 9.63 Å². The first kappa shape index (κ1) is 12.1. The van der Waals surface area contributed by atoms with Crippen molar-refractivity contribution in [2.24, 2.45) is 0 Å². The largest absolute Gasteiger partial charge is 0.395 e. The molecule has 5 heteroatoms. The van der Waals surface area contributed by atoms with E-state index < -0.39 is 0 Å². The molecule has 1 aromatic rings. The molecule has 0 radical (unpaired) electrons. The van der Waals surface area contributed by atoms with E-state index in [0.717, 1.165) is 12.2 Å². The summed E-state index contributed by atoms with van der Waals surface area (Å²) < 4.78 is 5.33. The molecule has 18 heavy (non-hydrogen) atoms. The number of nitrogens with zero attached hydrogens (tertiary/aromatic N) is 3. The number of aliphatic hydroxyl groups is 1. The third kappa shape index (κ3) is 2.42. The van der Waals surface area contributed by atoms with Crippen LogP contribution in [0.25, 0.3) is 0 Å². The Kier molecular flexibility index (Phi) is 3.35. The smallest absolute Gasteiger partial charge is 0.240 e. The Balaban J connectivity index is 1.68. The van der Waals surface area contributed by atoms with E-state index in [9.17, 15) is 5.11 Å². The van der Waals surface area contributed by atoms with Crippen LogP contribution < -0.4 is 0 Å². The van der Waals surface area contributed by atoms with Gasteiger partial charge in [-0.3, -0.25) is 4.90 Å². The van der Waals surface area contributed by atoms with Gasteiger partial charge in [0.2, 0.25) is 5.89 Å². The predicted molar refractivity (Wildman–Crippen MR) is 66.0 cm³/mol. The zero-order valence-electron chi connectivity index (χ0n) is 10.9. The first-order valence-corrected chi connectivity index (χ1v) is 6.97. The molecule has 1 N–H and O–H groups in total. The second kappa shape index (κ2) is 4.97. The van der Waals surface area contributed by atoms with Gasteiger partial charge in [0.25, 0.3) is 0 Å². The lowest BCUT2D eigenvalue weighted by atomic mass is 9.97. The first-order chi connectivity index (χ1) is 8.78. The van der Waals surface area contributed by atoms with Crippen LogP contribution in [0.3, 0.4) is 0 Å². The molecule has 5 nitrogen and oxygen atoms in total. The molecule has 0 amide bonds. The Morgan fingerprint density at radius 1 is 1.33 bits per heavy atom. The molecule has 2 atom stereocenters. The van der Waals surface area contributed by atoms with Crippen LogP contribution in [-0.4, -0.2) is 38.8 Å². The van der Waals surface area contributed by atoms with E-state index in [0.29, 0.717) is 24.4 Å². The number of hydrogen-bond acceptors (Lipinski definition) is 5. The van der Waals surface area contributed by atoms with E-state index in [1.165, 1.54) is 25.7 Å². The second-order valence-electron chi connectivity index (χ2n) is 5.61. The second-order valence-corrected chi connectivity index (χ2v) is 5.61. The van der Waals surface area contributed by atoms with E-state index >= 15 is 0 Å². The fourth-order valence-corrected chi connectivity index (χ4v) is 2.82. The minimum absolute atomic E-state index is 0.216. The molecule has 2 heterocycles. The van der Waals surface area contributed by atoms with E-state index in [2.05, 4.69) is 22.0 Å². The zero-order valence-corrected chi connectivity index (χ0v) is 10.9. The lowest BCUT2D eigenvalue weighted by Crippen LogP contribution is -2.46. The normalized spacial score (nSPS) is 29.7. The molecule has 100 valence electrons. The van der Waals surface area contributed by atoms with Crippen LogP contribution in [0.1, 0.15) is 56.7 Å². The van der Waals surface area contributed by atoms with Crippen molar-refractivity contribution in [1.29, 1.82) is 0 Å². The van der Waals surface area contributed by atoms with Gasteiger partial charge in [0.1, 0.15) is 0 Å². The average molecular weight is 251 g/mol. The van der Waals surface area contributed by atoms with E-state index in [4.69, 9.17) is 4.52 Å². The summed E-state index contributed by atoms with van der Waals surface area (Å²) in [6, 6.07) is 0.720. The average Bonchev–Trinajstić information content (AvgIpc) is 3.12. The molecule has 2 fully saturated rings. The topological polar surface area (TPSA) is 62.4 Å². The number of rotatable bonds is 4. The van der Waals surface area contributed by atoms with Gasteiger partial charge in [0.05, 0.1) is 13.2 Å². The number of aliphatic hydroxyl groups excluding tert-OH is 1. The molecule has 2 unspecified atom stereocenters. The first-order valence-electron chi connectivity index (χ1n) is 6.97. The lowest BCUT2D eigenvalue weighted by Gasteiger charge is -2.38. The highest BCUT2D eigenvalue weighted by atomic mass is 16.5. The minimum atomic E-state index is 0.216.